The Bertz CT molecular complexity index is 662. The summed E-state index contributed by atoms with van der Waals surface area (Å²) in [6.45, 7) is 1.56. The second-order valence-electron chi connectivity index (χ2n) is 3.70. The van der Waals surface area contributed by atoms with Gasteiger partial charge < -0.3 is 8.92 Å². The Labute approximate surface area is 119 Å². The van der Waals surface area contributed by atoms with Crippen molar-refractivity contribution in [1.29, 1.82) is 0 Å². The molecule has 0 spiro atoms. The van der Waals surface area contributed by atoms with Crippen molar-refractivity contribution < 1.29 is 35.3 Å². The molecule has 1 rings (SSSR count). The average Bonchev–Trinajstić information content (AvgIpc) is 2.38. The normalized spacial score (nSPS) is 12.4. The largest absolute Gasteiger partial charge is 0.534 e. The summed E-state index contributed by atoms with van der Waals surface area (Å²) in [5, 5.41) is 0. The Hall–Kier alpha value is -2.03. The summed E-state index contributed by atoms with van der Waals surface area (Å²) in [5.74, 6) is -1.76. The maximum Gasteiger partial charge on any atom is 0.534 e. The molecule has 0 aromatic heterocycles. The number of halogens is 3. The molecule has 0 heterocycles. The number of para-hydroxylation sites is 1. The van der Waals surface area contributed by atoms with E-state index in [9.17, 15) is 26.4 Å². The number of allylic oxidation sites excluding steroid dienone is 1. The Kier molecular flexibility index (Phi) is 5.00. The van der Waals surface area contributed by atoms with E-state index in [1.54, 1.807) is 6.92 Å². The fourth-order valence-corrected chi connectivity index (χ4v) is 1.89. The predicted octanol–water partition coefficient (Wildman–Crippen LogP) is 2.73. The zero-order valence-corrected chi connectivity index (χ0v) is 11.8. The summed E-state index contributed by atoms with van der Waals surface area (Å²) in [4.78, 5) is 11.5. The minimum absolute atomic E-state index is 0.00627. The topological polar surface area (TPSA) is 69.7 Å². The second-order valence-corrected chi connectivity index (χ2v) is 5.24. The van der Waals surface area contributed by atoms with Crippen LogP contribution in [0.25, 0.3) is 6.08 Å². The smallest absolute Gasteiger partial charge is 0.465 e. The molecule has 5 nitrogen and oxygen atoms in total. The van der Waals surface area contributed by atoms with Crippen molar-refractivity contribution >= 4 is 22.2 Å². The fourth-order valence-electron chi connectivity index (χ4n) is 1.39. The van der Waals surface area contributed by atoms with E-state index in [4.69, 9.17) is 0 Å². The lowest BCUT2D eigenvalue weighted by atomic mass is 10.1. The van der Waals surface area contributed by atoms with Crippen LogP contribution in [0.5, 0.6) is 5.75 Å². The van der Waals surface area contributed by atoms with Gasteiger partial charge in [0.25, 0.3) is 0 Å². The lowest BCUT2D eigenvalue weighted by Gasteiger charge is -2.14. The molecule has 0 aliphatic carbocycles. The summed E-state index contributed by atoms with van der Waals surface area (Å²) >= 11 is 0. The third-order valence-corrected chi connectivity index (χ3v) is 3.23. The highest BCUT2D eigenvalue weighted by molar-refractivity contribution is 7.88. The van der Waals surface area contributed by atoms with Crippen LogP contribution < -0.4 is 4.18 Å². The Morgan fingerprint density at radius 2 is 1.90 bits per heavy atom. The molecule has 0 saturated carbocycles. The van der Waals surface area contributed by atoms with E-state index in [2.05, 4.69) is 8.92 Å². The number of esters is 1. The van der Waals surface area contributed by atoms with E-state index >= 15 is 0 Å². The molecule has 0 N–H and O–H groups in total. The van der Waals surface area contributed by atoms with Crippen molar-refractivity contribution in [2.45, 2.75) is 12.4 Å². The molecule has 21 heavy (non-hydrogen) atoms. The van der Waals surface area contributed by atoms with Crippen molar-refractivity contribution in [3.63, 3.8) is 0 Å². The number of hydrogen-bond acceptors (Lipinski definition) is 5. The zero-order chi connectivity index (χ0) is 16.3. The molecule has 116 valence electrons. The summed E-state index contributed by atoms with van der Waals surface area (Å²) in [5.41, 5.74) is -6.04. The van der Waals surface area contributed by atoms with Gasteiger partial charge in [-0.15, -0.1) is 0 Å². The van der Waals surface area contributed by atoms with Crippen LogP contribution in [0.1, 0.15) is 22.8 Å². The third-order valence-electron chi connectivity index (χ3n) is 2.27. The van der Waals surface area contributed by atoms with Crippen molar-refractivity contribution in [1.82, 2.24) is 0 Å². The van der Waals surface area contributed by atoms with Gasteiger partial charge in [0.05, 0.1) is 7.11 Å². The van der Waals surface area contributed by atoms with E-state index < -0.39 is 32.9 Å². The molecule has 0 amide bonds. The lowest BCUT2D eigenvalue weighted by molar-refractivity contribution is -0.0500. The van der Waals surface area contributed by atoms with Crippen LogP contribution >= 0.6 is 0 Å². The Morgan fingerprint density at radius 3 is 2.38 bits per heavy atom. The van der Waals surface area contributed by atoms with E-state index in [0.29, 0.717) is 0 Å². The summed E-state index contributed by atoms with van der Waals surface area (Å²) < 4.78 is 67.9. The predicted molar refractivity (Wildman–Crippen MR) is 68.1 cm³/mol. The number of rotatable bonds is 4. The number of carbonyl (C=O) groups is 1. The first kappa shape index (κ1) is 17.0. The number of methoxy groups -OCH3 is 1. The van der Waals surface area contributed by atoms with E-state index in [-0.39, 0.29) is 5.56 Å². The quantitative estimate of drug-likeness (QED) is 0.484. The standard InChI is InChI=1S/C12H11F3O5S/c1-3-5-8-6-4-7-9(11(16)19-2)10(8)20-21(17,18)12(13,14)15/h3-7H,1-2H3/b5-3-. The molecular weight excluding hydrogens is 313 g/mol. The van der Waals surface area contributed by atoms with Crippen molar-refractivity contribution in [2.24, 2.45) is 0 Å². The highest BCUT2D eigenvalue weighted by Crippen LogP contribution is 2.32. The van der Waals surface area contributed by atoms with Gasteiger partial charge in [0, 0.05) is 5.56 Å². The Balaban J connectivity index is 3.48. The highest BCUT2D eigenvalue weighted by Gasteiger charge is 2.49. The van der Waals surface area contributed by atoms with Crippen molar-refractivity contribution in [3.8, 4) is 5.75 Å². The maximum atomic E-state index is 12.4. The number of benzene rings is 1. The molecule has 0 bridgehead atoms. The van der Waals surface area contributed by atoms with Crippen LogP contribution in [0.15, 0.2) is 24.3 Å². The lowest BCUT2D eigenvalue weighted by Crippen LogP contribution is -2.29. The third kappa shape index (κ3) is 3.75. The van der Waals surface area contributed by atoms with Gasteiger partial charge in [-0.05, 0) is 13.0 Å². The second kappa shape index (κ2) is 6.17. The maximum absolute atomic E-state index is 12.4. The molecule has 0 radical (unpaired) electrons. The van der Waals surface area contributed by atoms with Crippen LogP contribution in [-0.4, -0.2) is 27.0 Å². The molecule has 0 aliphatic heterocycles. The minimum Gasteiger partial charge on any atom is -0.465 e. The molecule has 9 heteroatoms. The number of carbonyl (C=O) groups excluding carboxylic acids is 1. The van der Waals surface area contributed by atoms with Gasteiger partial charge in [0.2, 0.25) is 0 Å². The Morgan fingerprint density at radius 1 is 1.29 bits per heavy atom. The molecule has 0 atom stereocenters. The molecular formula is C12H11F3O5S. The highest BCUT2D eigenvalue weighted by atomic mass is 32.2. The minimum atomic E-state index is -5.90. The average molecular weight is 324 g/mol. The fraction of sp³-hybridized carbons (Fsp3) is 0.250. The van der Waals surface area contributed by atoms with Crippen LogP contribution in [0.4, 0.5) is 13.2 Å². The van der Waals surface area contributed by atoms with Gasteiger partial charge in [0.15, 0.2) is 5.75 Å². The molecule has 0 aliphatic rings. The van der Waals surface area contributed by atoms with Crippen molar-refractivity contribution in [2.75, 3.05) is 7.11 Å². The number of hydrogen-bond donors (Lipinski definition) is 0. The van der Waals surface area contributed by atoms with Crippen LogP contribution in [0, 0.1) is 0 Å². The molecule has 0 fully saturated rings. The van der Waals surface area contributed by atoms with Gasteiger partial charge in [-0.25, -0.2) is 4.79 Å². The van der Waals surface area contributed by atoms with Gasteiger partial charge >= 0.3 is 21.6 Å². The first-order valence-corrected chi connectivity index (χ1v) is 6.89. The summed E-state index contributed by atoms with van der Waals surface area (Å²) in [7, 11) is -4.89. The first-order valence-electron chi connectivity index (χ1n) is 5.49. The van der Waals surface area contributed by atoms with Crippen LogP contribution in [0.2, 0.25) is 0 Å². The molecule has 1 aromatic rings. The monoisotopic (exact) mass is 324 g/mol. The van der Waals surface area contributed by atoms with E-state index in [1.807, 2.05) is 0 Å². The summed E-state index contributed by atoms with van der Waals surface area (Å²) in [6.07, 6.45) is 2.75. The number of ether oxygens (including phenoxy) is 1. The van der Waals surface area contributed by atoms with Crippen LogP contribution in [-0.2, 0) is 14.9 Å². The first-order chi connectivity index (χ1) is 9.64. The van der Waals surface area contributed by atoms with Gasteiger partial charge in [0.1, 0.15) is 5.56 Å². The van der Waals surface area contributed by atoms with Gasteiger partial charge in [-0.2, -0.15) is 21.6 Å². The van der Waals surface area contributed by atoms with Crippen LogP contribution in [0.3, 0.4) is 0 Å². The summed E-state index contributed by atoms with van der Waals surface area (Å²) in [6, 6.07) is 3.75. The SMILES string of the molecule is C/C=C\c1cccc(C(=O)OC)c1OS(=O)(=O)C(F)(F)F. The number of alkyl halides is 3. The van der Waals surface area contributed by atoms with E-state index in [1.165, 1.54) is 24.3 Å². The molecule has 1 aromatic carbocycles. The molecule has 0 unspecified atom stereocenters. The van der Waals surface area contributed by atoms with E-state index in [0.717, 1.165) is 13.2 Å². The van der Waals surface area contributed by atoms with Gasteiger partial charge in [-0.1, -0.05) is 24.3 Å². The van der Waals surface area contributed by atoms with Gasteiger partial charge in [-0.3, -0.25) is 0 Å². The van der Waals surface area contributed by atoms with Crippen molar-refractivity contribution in [3.05, 3.63) is 35.4 Å². The zero-order valence-electron chi connectivity index (χ0n) is 11.0. The molecule has 0 saturated heterocycles.